The highest BCUT2D eigenvalue weighted by atomic mass is 15.0. The van der Waals surface area contributed by atoms with Crippen LogP contribution < -0.4 is 11.1 Å². The van der Waals surface area contributed by atoms with Crippen LogP contribution in [0.1, 0.15) is 60.3 Å². The van der Waals surface area contributed by atoms with Crippen LogP contribution in [-0.4, -0.2) is 18.5 Å². The van der Waals surface area contributed by atoms with E-state index in [0.29, 0.717) is 18.5 Å². The monoisotopic (exact) mass is 241 g/mol. The summed E-state index contributed by atoms with van der Waals surface area (Å²) in [5.41, 5.74) is 5.48. The fraction of sp³-hybridized carbons (Fsp3) is 0.929. The number of rotatable bonds is 4. The van der Waals surface area contributed by atoms with E-state index in [1.165, 1.54) is 25.7 Å². The second-order valence-electron chi connectivity index (χ2n) is 5.02. The van der Waals surface area contributed by atoms with Gasteiger partial charge in [0.25, 0.3) is 0 Å². The third-order valence-electron chi connectivity index (χ3n) is 3.42. The molecule has 17 heavy (non-hydrogen) atoms. The van der Waals surface area contributed by atoms with E-state index >= 15 is 0 Å². The molecule has 1 saturated carbocycles. The van der Waals surface area contributed by atoms with Crippen LogP contribution in [0.15, 0.2) is 4.99 Å². The second kappa shape index (κ2) is 9.46. The lowest BCUT2D eigenvalue weighted by atomic mass is 9.80. The standard InChI is InChI=1S/C12H25N3.C2H6/c1-9(2)11-4-6-12(7-5-11)15-8-14-10(3)13;1-2/h9,11-12,15H,4-8H2,1-3H3,(H2,13,14);1-2H3. The van der Waals surface area contributed by atoms with E-state index in [4.69, 9.17) is 5.73 Å². The highest BCUT2D eigenvalue weighted by Crippen LogP contribution is 2.29. The van der Waals surface area contributed by atoms with Gasteiger partial charge in [-0.2, -0.15) is 0 Å². The molecule has 0 spiro atoms. The summed E-state index contributed by atoms with van der Waals surface area (Å²) in [4.78, 5) is 4.16. The Bertz CT molecular complexity index is 200. The topological polar surface area (TPSA) is 50.4 Å². The van der Waals surface area contributed by atoms with Gasteiger partial charge in [-0.05, 0) is 44.4 Å². The van der Waals surface area contributed by atoms with Gasteiger partial charge in [0.2, 0.25) is 0 Å². The molecule has 1 aliphatic carbocycles. The Morgan fingerprint density at radius 1 is 1.24 bits per heavy atom. The van der Waals surface area contributed by atoms with Gasteiger partial charge in [0.15, 0.2) is 0 Å². The lowest BCUT2D eigenvalue weighted by molar-refractivity contribution is 0.240. The van der Waals surface area contributed by atoms with Crippen LogP contribution >= 0.6 is 0 Å². The molecule has 1 aliphatic rings. The van der Waals surface area contributed by atoms with Crippen molar-refractivity contribution in [3.63, 3.8) is 0 Å². The molecular weight excluding hydrogens is 210 g/mol. The number of hydrogen-bond acceptors (Lipinski definition) is 2. The Balaban J connectivity index is 0.00000121. The SMILES string of the molecule is C/C(N)=N/CNC1CCC(C(C)C)CC1.CC. The Morgan fingerprint density at radius 3 is 2.18 bits per heavy atom. The molecule has 0 bridgehead atoms. The number of nitrogens with zero attached hydrogens (tertiary/aromatic N) is 1. The van der Waals surface area contributed by atoms with E-state index in [-0.39, 0.29) is 0 Å². The molecular formula is C14H31N3. The Morgan fingerprint density at radius 2 is 1.76 bits per heavy atom. The van der Waals surface area contributed by atoms with E-state index in [2.05, 4.69) is 24.2 Å². The van der Waals surface area contributed by atoms with Crippen molar-refractivity contribution >= 4 is 5.84 Å². The summed E-state index contributed by atoms with van der Waals surface area (Å²) in [7, 11) is 0. The van der Waals surface area contributed by atoms with Crippen LogP contribution in [0.5, 0.6) is 0 Å². The van der Waals surface area contributed by atoms with Gasteiger partial charge in [0, 0.05) is 6.04 Å². The molecule has 0 atom stereocenters. The highest BCUT2D eigenvalue weighted by Gasteiger charge is 2.22. The molecule has 0 aromatic rings. The molecule has 102 valence electrons. The minimum atomic E-state index is 0.656. The van der Waals surface area contributed by atoms with Crippen LogP contribution in [0.4, 0.5) is 0 Å². The molecule has 1 rings (SSSR count). The summed E-state index contributed by atoms with van der Waals surface area (Å²) < 4.78 is 0. The molecule has 1 fully saturated rings. The third-order valence-corrected chi connectivity index (χ3v) is 3.42. The Hall–Kier alpha value is -0.570. The van der Waals surface area contributed by atoms with Crippen molar-refractivity contribution in [2.75, 3.05) is 6.67 Å². The molecule has 3 nitrogen and oxygen atoms in total. The normalized spacial score (nSPS) is 25.4. The van der Waals surface area contributed by atoms with E-state index in [9.17, 15) is 0 Å². The molecule has 0 saturated heterocycles. The zero-order valence-electron chi connectivity index (χ0n) is 12.3. The van der Waals surface area contributed by atoms with E-state index in [1.807, 2.05) is 20.8 Å². The van der Waals surface area contributed by atoms with Crippen LogP contribution in [0.25, 0.3) is 0 Å². The molecule has 0 radical (unpaired) electrons. The van der Waals surface area contributed by atoms with Gasteiger partial charge in [0.05, 0.1) is 12.5 Å². The summed E-state index contributed by atoms with van der Waals surface area (Å²) in [5, 5.41) is 3.44. The van der Waals surface area contributed by atoms with Crippen molar-refractivity contribution in [1.29, 1.82) is 0 Å². The molecule has 0 aromatic carbocycles. The first kappa shape index (κ1) is 16.4. The lowest BCUT2D eigenvalue weighted by Crippen LogP contribution is -2.34. The van der Waals surface area contributed by atoms with Crippen molar-refractivity contribution in [3.05, 3.63) is 0 Å². The fourth-order valence-corrected chi connectivity index (χ4v) is 2.29. The average molecular weight is 241 g/mol. The number of hydrogen-bond donors (Lipinski definition) is 2. The first-order valence-electron chi connectivity index (χ1n) is 7.09. The number of nitrogens with two attached hydrogens (primary N) is 1. The van der Waals surface area contributed by atoms with Crippen LogP contribution in [0, 0.1) is 11.8 Å². The van der Waals surface area contributed by atoms with Crippen LogP contribution in [0.3, 0.4) is 0 Å². The van der Waals surface area contributed by atoms with Crippen LogP contribution in [-0.2, 0) is 0 Å². The first-order valence-corrected chi connectivity index (χ1v) is 7.09. The van der Waals surface area contributed by atoms with Crippen molar-refractivity contribution in [1.82, 2.24) is 5.32 Å². The first-order chi connectivity index (χ1) is 8.09. The number of nitrogens with one attached hydrogen (secondary N) is 1. The highest BCUT2D eigenvalue weighted by molar-refractivity contribution is 5.77. The number of amidine groups is 1. The second-order valence-corrected chi connectivity index (χ2v) is 5.02. The largest absolute Gasteiger partial charge is 0.388 e. The van der Waals surface area contributed by atoms with Crippen LogP contribution in [0.2, 0.25) is 0 Å². The summed E-state index contributed by atoms with van der Waals surface area (Å²) in [5.74, 6) is 2.44. The van der Waals surface area contributed by atoms with Gasteiger partial charge in [-0.3, -0.25) is 10.3 Å². The average Bonchev–Trinajstić information content (AvgIpc) is 2.32. The molecule has 0 unspecified atom stereocenters. The Labute approximate surface area is 107 Å². The summed E-state index contributed by atoms with van der Waals surface area (Å²) >= 11 is 0. The quantitative estimate of drug-likeness (QED) is 0.587. The lowest BCUT2D eigenvalue weighted by Gasteiger charge is -2.31. The molecule has 0 aromatic heterocycles. The minimum absolute atomic E-state index is 0.656. The summed E-state index contributed by atoms with van der Waals surface area (Å²) in [6, 6.07) is 0.656. The minimum Gasteiger partial charge on any atom is -0.388 e. The predicted molar refractivity (Wildman–Crippen MR) is 77.2 cm³/mol. The van der Waals surface area contributed by atoms with E-state index < -0.39 is 0 Å². The van der Waals surface area contributed by atoms with Gasteiger partial charge in [-0.25, -0.2) is 0 Å². The molecule has 3 N–H and O–H groups in total. The summed E-state index contributed by atoms with van der Waals surface area (Å²) in [6.07, 6.45) is 5.31. The van der Waals surface area contributed by atoms with Gasteiger partial charge in [-0.15, -0.1) is 0 Å². The van der Waals surface area contributed by atoms with Gasteiger partial charge in [-0.1, -0.05) is 27.7 Å². The molecule has 3 heteroatoms. The Kier molecular flexibility index (Phi) is 9.14. The van der Waals surface area contributed by atoms with Gasteiger partial charge < -0.3 is 5.73 Å². The van der Waals surface area contributed by atoms with Gasteiger partial charge >= 0.3 is 0 Å². The zero-order chi connectivity index (χ0) is 13.3. The molecule has 0 aliphatic heterocycles. The van der Waals surface area contributed by atoms with E-state index in [1.54, 1.807) is 0 Å². The number of aliphatic imine (C=N–C) groups is 1. The summed E-state index contributed by atoms with van der Waals surface area (Å²) in [6.45, 7) is 11.2. The maximum Gasteiger partial charge on any atom is 0.0921 e. The van der Waals surface area contributed by atoms with Crippen molar-refractivity contribution < 1.29 is 0 Å². The molecule has 0 heterocycles. The fourth-order valence-electron chi connectivity index (χ4n) is 2.29. The molecule has 0 amide bonds. The van der Waals surface area contributed by atoms with E-state index in [0.717, 1.165) is 11.8 Å². The van der Waals surface area contributed by atoms with Crippen molar-refractivity contribution in [2.45, 2.75) is 66.3 Å². The smallest absolute Gasteiger partial charge is 0.0921 e. The van der Waals surface area contributed by atoms with Crippen molar-refractivity contribution in [2.24, 2.45) is 22.6 Å². The maximum atomic E-state index is 5.48. The van der Waals surface area contributed by atoms with Gasteiger partial charge in [0.1, 0.15) is 0 Å². The third kappa shape index (κ3) is 7.37. The predicted octanol–water partition coefficient (Wildman–Crippen LogP) is 3.15. The zero-order valence-corrected chi connectivity index (χ0v) is 12.3. The van der Waals surface area contributed by atoms with Crippen molar-refractivity contribution in [3.8, 4) is 0 Å². The maximum absolute atomic E-state index is 5.48.